The topological polar surface area (TPSA) is 110 Å². The molecule has 2 aliphatic heterocycles. The van der Waals surface area contributed by atoms with Crippen molar-refractivity contribution < 1.29 is 9.59 Å². The Morgan fingerprint density at radius 2 is 1.88 bits per heavy atom. The van der Waals surface area contributed by atoms with Crippen molar-refractivity contribution in [1.82, 2.24) is 34.6 Å². The fraction of sp³-hybridized carbons (Fsp3) is 0.458. The molecule has 2 N–H and O–H groups in total. The van der Waals surface area contributed by atoms with Crippen LogP contribution >= 0.6 is 0 Å². The van der Waals surface area contributed by atoms with Crippen LogP contribution in [-0.4, -0.2) is 99.3 Å². The van der Waals surface area contributed by atoms with Crippen LogP contribution in [0.5, 0.6) is 0 Å². The highest BCUT2D eigenvalue weighted by molar-refractivity contribution is 5.95. The number of anilines is 1. The van der Waals surface area contributed by atoms with Crippen molar-refractivity contribution in [3.8, 4) is 11.4 Å². The third-order valence-electron chi connectivity index (χ3n) is 6.53. The zero-order valence-corrected chi connectivity index (χ0v) is 19.5. The molecule has 3 aromatic rings. The summed E-state index contributed by atoms with van der Waals surface area (Å²) in [5.74, 6) is 1.54. The van der Waals surface area contributed by atoms with E-state index >= 15 is 0 Å². The van der Waals surface area contributed by atoms with E-state index in [0.717, 1.165) is 63.2 Å². The molecule has 0 saturated carbocycles. The first-order valence-electron chi connectivity index (χ1n) is 11.9. The lowest BCUT2D eigenvalue weighted by Crippen LogP contribution is -2.47. The van der Waals surface area contributed by atoms with Gasteiger partial charge in [-0.15, -0.1) is 0 Å². The van der Waals surface area contributed by atoms with Gasteiger partial charge in [-0.25, -0.2) is 15.0 Å². The molecule has 2 aliphatic rings. The second kappa shape index (κ2) is 9.76. The van der Waals surface area contributed by atoms with Gasteiger partial charge in [0.2, 0.25) is 5.91 Å². The fourth-order valence-corrected chi connectivity index (χ4v) is 4.46. The standard InChI is InChI=1S/C24H30N8O2/c1-30-12-14-32(15-13-30)24(34)18-7-5-17(6-8-18)21-28-22(20-23(29-21)27-16-26-20)25-9-3-11-31-10-2-4-19(31)33/h5-8,16H,2-4,9-15H2,1H3,(H2,25,26,27,28,29). The van der Waals surface area contributed by atoms with E-state index in [0.29, 0.717) is 35.8 Å². The molecule has 0 atom stereocenters. The van der Waals surface area contributed by atoms with Gasteiger partial charge in [0.15, 0.2) is 17.3 Å². The molecule has 0 aliphatic carbocycles. The van der Waals surface area contributed by atoms with E-state index < -0.39 is 0 Å². The largest absolute Gasteiger partial charge is 0.368 e. The summed E-state index contributed by atoms with van der Waals surface area (Å²) in [7, 11) is 2.07. The molecule has 5 rings (SSSR count). The first kappa shape index (κ1) is 22.3. The number of imidazole rings is 1. The molecule has 0 radical (unpaired) electrons. The zero-order chi connectivity index (χ0) is 23.5. The van der Waals surface area contributed by atoms with Crippen LogP contribution in [0.4, 0.5) is 5.82 Å². The number of nitrogens with one attached hydrogen (secondary N) is 2. The lowest BCUT2D eigenvalue weighted by molar-refractivity contribution is -0.127. The van der Waals surface area contributed by atoms with Gasteiger partial charge in [-0.3, -0.25) is 9.59 Å². The number of aromatic nitrogens is 4. The van der Waals surface area contributed by atoms with Gasteiger partial charge in [-0.1, -0.05) is 12.1 Å². The normalized spacial score (nSPS) is 17.0. The van der Waals surface area contributed by atoms with Crippen molar-refractivity contribution in [2.75, 3.05) is 58.2 Å². The third-order valence-corrected chi connectivity index (χ3v) is 6.53. The second-order valence-corrected chi connectivity index (χ2v) is 8.93. The van der Waals surface area contributed by atoms with E-state index in [4.69, 9.17) is 4.98 Å². The number of benzene rings is 1. The number of rotatable bonds is 7. The predicted molar refractivity (Wildman–Crippen MR) is 129 cm³/mol. The van der Waals surface area contributed by atoms with E-state index in [1.807, 2.05) is 34.1 Å². The van der Waals surface area contributed by atoms with Crippen molar-refractivity contribution in [2.24, 2.45) is 0 Å². The molecule has 1 aromatic carbocycles. The monoisotopic (exact) mass is 462 g/mol. The maximum Gasteiger partial charge on any atom is 0.253 e. The summed E-state index contributed by atoms with van der Waals surface area (Å²) in [6.07, 6.45) is 4.06. The first-order valence-corrected chi connectivity index (χ1v) is 11.9. The van der Waals surface area contributed by atoms with Crippen LogP contribution in [0.1, 0.15) is 29.6 Å². The van der Waals surface area contributed by atoms with Gasteiger partial charge in [-0.2, -0.15) is 0 Å². The average molecular weight is 463 g/mol. The average Bonchev–Trinajstić information content (AvgIpc) is 3.50. The number of piperazine rings is 1. The third kappa shape index (κ3) is 4.72. The van der Waals surface area contributed by atoms with Crippen molar-refractivity contribution in [2.45, 2.75) is 19.3 Å². The van der Waals surface area contributed by atoms with Crippen LogP contribution in [-0.2, 0) is 4.79 Å². The highest BCUT2D eigenvalue weighted by Crippen LogP contribution is 2.23. The fourth-order valence-electron chi connectivity index (χ4n) is 4.46. The Kier molecular flexibility index (Phi) is 6.39. The van der Waals surface area contributed by atoms with Crippen LogP contribution in [0.3, 0.4) is 0 Å². The number of likely N-dealkylation sites (tertiary alicyclic amines) is 1. The molecule has 0 bridgehead atoms. The predicted octanol–water partition coefficient (Wildman–Crippen LogP) is 1.83. The number of aromatic amines is 1. The Labute approximate surface area is 198 Å². The van der Waals surface area contributed by atoms with Crippen molar-refractivity contribution in [3.63, 3.8) is 0 Å². The highest BCUT2D eigenvalue weighted by Gasteiger charge is 2.21. The molecule has 4 heterocycles. The molecular formula is C24H30N8O2. The Hall–Kier alpha value is -3.53. The van der Waals surface area contributed by atoms with Crippen LogP contribution in [0.15, 0.2) is 30.6 Å². The summed E-state index contributed by atoms with van der Waals surface area (Å²) >= 11 is 0. The SMILES string of the molecule is CN1CCN(C(=O)c2ccc(-c3nc(NCCCN4CCCC4=O)c4[nH]cnc4n3)cc2)CC1. The molecule has 10 heteroatoms. The van der Waals surface area contributed by atoms with Gasteiger partial charge in [0.05, 0.1) is 6.33 Å². The van der Waals surface area contributed by atoms with E-state index in [1.165, 1.54) is 0 Å². The molecule has 2 saturated heterocycles. The van der Waals surface area contributed by atoms with Crippen LogP contribution in [0.2, 0.25) is 0 Å². The molecule has 0 spiro atoms. The summed E-state index contributed by atoms with van der Waals surface area (Å²) in [6, 6.07) is 7.46. The minimum Gasteiger partial charge on any atom is -0.368 e. The smallest absolute Gasteiger partial charge is 0.253 e. The van der Waals surface area contributed by atoms with Gasteiger partial charge in [-0.05, 0) is 32.0 Å². The number of hydrogen-bond acceptors (Lipinski definition) is 7. The Balaban J connectivity index is 1.27. The number of hydrogen-bond donors (Lipinski definition) is 2. The Morgan fingerprint density at radius 3 is 2.62 bits per heavy atom. The van der Waals surface area contributed by atoms with Gasteiger partial charge < -0.3 is 25.0 Å². The number of carbonyl (C=O) groups excluding carboxylic acids is 2. The lowest BCUT2D eigenvalue weighted by atomic mass is 10.1. The number of carbonyl (C=O) groups is 2. The Morgan fingerprint density at radius 1 is 1.09 bits per heavy atom. The van der Waals surface area contributed by atoms with Crippen LogP contribution < -0.4 is 5.32 Å². The summed E-state index contributed by atoms with van der Waals surface area (Å²) in [6.45, 7) is 5.57. The van der Waals surface area contributed by atoms with E-state index in [9.17, 15) is 9.59 Å². The minimum atomic E-state index is 0.0576. The molecule has 2 aromatic heterocycles. The number of fused-ring (bicyclic) bond motifs is 1. The van der Waals surface area contributed by atoms with Crippen molar-refractivity contribution in [3.05, 3.63) is 36.2 Å². The van der Waals surface area contributed by atoms with Crippen LogP contribution in [0, 0.1) is 0 Å². The zero-order valence-electron chi connectivity index (χ0n) is 19.5. The van der Waals surface area contributed by atoms with Gasteiger partial charge in [0.1, 0.15) is 5.52 Å². The molecular weight excluding hydrogens is 432 g/mol. The molecule has 2 fully saturated rings. The summed E-state index contributed by atoms with van der Waals surface area (Å²) in [5.41, 5.74) is 2.83. The maximum absolute atomic E-state index is 12.8. The van der Waals surface area contributed by atoms with E-state index in [1.54, 1.807) is 6.33 Å². The van der Waals surface area contributed by atoms with Gasteiger partial charge in [0, 0.05) is 63.4 Å². The van der Waals surface area contributed by atoms with Gasteiger partial charge >= 0.3 is 0 Å². The highest BCUT2D eigenvalue weighted by atomic mass is 16.2. The molecule has 10 nitrogen and oxygen atoms in total. The van der Waals surface area contributed by atoms with E-state index in [-0.39, 0.29) is 11.8 Å². The van der Waals surface area contributed by atoms with E-state index in [2.05, 4.69) is 32.2 Å². The number of amides is 2. The maximum atomic E-state index is 12.8. The Bertz CT molecular complexity index is 1170. The summed E-state index contributed by atoms with van der Waals surface area (Å²) in [4.78, 5) is 47.4. The van der Waals surface area contributed by atoms with Crippen molar-refractivity contribution in [1.29, 1.82) is 0 Å². The number of H-pyrrole nitrogens is 1. The molecule has 178 valence electrons. The summed E-state index contributed by atoms with van der Waals surface area (Å²) < 4.78 is 0. The van der Waals surface area contributed by atoms with Crippen molar-refractivity contribution >= 4 is 28.8 Å². The minimum absolute atomic E-state index is 0.0576. The number of nitrogens with zero attached hydrogens (tertiary/aromatic N) is 6. The molecule has 34 heavy (non-hydrogen) atoms. The quantitative estimate of drug-likeness (QED) is 0.516. The van der Waals surface area contributed by atoms with Gasteiger partial charge in [0.25, 0.3) is 5.91 Å². The lowest BCUT2D eigenvalue weighted by Gasteiger charge is -2.32. The second-order valence-electron chi connectivity index (χ2n) is 8.93. The first-order chi connectivity index (χ1) is 16.6. The van der Waals surface area contributed by atoms with Crippen LogP contribution in [0.25, 0.3) is 22.6 Å². The molecule has 2 amide bonds. The summed E-state index contributed by atoms with van der Waals surface area (Å²) in [5, 5.41) is 3.37. The number of likely N-dealkylation sites (N-methyl/N-ethyl adjacent to an activating group) is 1. The molecule has 0 unspecified atom stereocenters.